The molecule has 1 aliphatic heterocycles. The van der Waals surface area contributed by atoms with Crippen LogP contribution in [0.5, 0.6) is 5.75 Å². The average Bonchev–Trinajstić information content (AvgIpc) is 2.54. The molecule has 1 N–H and O–H groups in total. The van der Waals surface area contributed by atoms with E-state index in [9.17, 15) is 4.79 Å². The molecule has 21 heavy (non-hydrogen) atoms. The predicted molar refractivity (Wildman–Crippen MR) is 80.6 cm³/mol. The quantitative estimate of drug-likeness (QED) is 0.817. The maximum atomic E-state index is 12.3. The van der Waals surface area contributed by atoms with Gasteiger partial charge in [-0.15, -0.1) is 0 Å². The van der Waals surface area contributed by atoms with Gasteiger partial charge in [0.15, 0.2) is 0 Å². The summed E-state index contributed by atoms with van der Waals surface area (Å²) in [4.78, 5) is 12.3. The number of hydrogen-bond donors (Lipinski definition) is 1. The van der Waals surface area contributed by atoms with Gasteiger partial charge in [0.1, 0.15) is 11.8 Å². The highest BCUT2D eigenvalue weighted by molar-refractivity contribution is 5.80. The Morgan fingerprint density at radius 2 is 2.29 bits per heavy atom. The van der Waals surface area contributed by atoms with Crippen LogP contribution in [0.1, 0.15) is 19.8 Å². The molecule has 1 heterocycles. The molecule has 2 unspecified atom stereocenters. The van der Waals surface area contributed by atoms with Crippen molar-refractivity contribution >= 4 is 11.7 Å². The number of para-hydroxylation sites is 2. The topological polar surface area (TPSA) is 56.8 Å². The number of carbonyl (C=O) groups is 1. The zero-order valence-corrected chi connectivity index (χ0v) is 12.6. The second-order valence-electron chi connectivity index (χ2n) is 5.05. The molecule has 0 saturated carbocycles. The number of methoxy groups -OCH3 is 1. The molecule has 1 fully saturated rings. The molecule has 0 radical (unpaired) electrons. The van der Waals surface area contributed by atoms with Crippen molar-refractivity contribution in [1.82, 2.24) is 0 Å². The second kappa shape index (κ2) is 7.88. The summed E-state index contributed by atoms with van der Waals surface area (Å²) < 4.78 is 16.0. The van der Waals surface area contributed by atoms with Gasteiger partial charge in [-0.25, -0.2) is 4.79 Å². The zero-order valence-electron chi connectivity index (χ0n) is 12.6. The molecule has 1 aromatic carbocycles. The molecule has 1 aromatic rings. The molecule has 5 heteroatoms. The Hall–Kier alpha value is -1.75. The van der Waals surface area contributed by atoms with E-state index in [1.54, 1.807) is 7.11 Å². The van der Waals surface area contributed by atoms with E-state index < -0.39 is 6.04 Å². The van der Waals surface area contributed by atoms with E-state index >= 15 is 0 Å². The van der Waals surface area contributed by atoms with Gasteiger partial charge in [0, 0.05) is 12.5 Å². The minimum absolute atomic E-state index is 0.114. The van der Waals surface area contributed by atoms with Crippen molar-refractivity contribution in [3.05, 3.63) is 24.3 Å². The van der Waals surface area contributed by atoms with Crippen molar-refractivity contribution in [1.29, 1.82) is 0 Å². The van der Waals surface area contributed by atoms with Crippen LogP contribution < -0.4 is 10.1 Å². The number of hydrogen-bond acceptors (Lipinski definition) is 5. The lowest BCUT2D eigenvalue weighted by Gasteiger charge is -2.30. The van der Waals surface area contributed by atoms with Crippen LogP contribution in [0.25, 0.3) is 0 Å². The Kier molecular flexibility index (Phi) is 5.87. The largest absolute Gasteiger partial charge is 0.495 e. The molecule has 1 aliphatic rings. The number of carbonyl (C=O) groups excluding carboxylic acids is 1. The molecule has 2 rings (SSSR count). The van der Waals surface area contributed by atoms with Gasteiger partial charge in [-0.3, -0.25) is 0 Å². The summed E-state index contributed by atoms with van der Waals surface area (Å²) in [5.74, 6) is 0.588. The van der Waals surface area contributed by atoms with Crippen molar-refractivity contribution < 1.29 is 19.0 Å². The van der Waals surface area contributed by atoms with E-state index in [0.717, 1.165) is 25.1 Å². The predicted octanol–water partition coefficient (Wildman–Crippen LogP) is 2.47. The fourth-order valence-electron chi connectivity index (χ4n) is 2.56. The first kappa shape index (κ1) is 15.6. The first-order valence-electron chi connectivity index (χ1n) is 7.40. The molecular formula is C16H23NO4. The fraction of sp³-hybridized carbons (Fsp3) is 0.562. The minimum atomic E-state index is -0.415. The summed E-state index contributed by atoms with van der Waals surface area (Å²) in [6.07, 6.45) is 1.92. The van der Waals surface area contributed by atoms with Gasteiger partial charge in [-0.05, 0) is 31.9 Å². The Morgan fingerprint density at radius 1 is 1.48 bits per heavy atom. The van der Waals surface area contributed by atoms with Crippen LogP contribution in [0.15, 0.2) is 24.3 Å². The fourth-order valence-corrected chi connectivity index (χ4v) is 2.56. The number of ether oxygens (including phenoxy) is 3. The van der Waals surface area contributed by atoms with Crippen molar-refractivity contribution in [3.8, 4) is 5.75 Å². The van der Waals surface area contributed by atoms with Crippen LogP contribution in [0, 0.1) is 5.92 Å². The van der Waals surface area contributed by atoms with E-state index in [1.165, 1.54) is 0 Å². The molecule has 2 atom stereocenters. The van der Waals surface area contributed by atoms with Gasteiger partial charge in [0.2, 0.25) is 0 Å². The molecule has 0 aromatic heterocycles. The normalized spacial score (nSPS) is 19.6. The van der Waals surface area contributed by atoms with Crippen LogP contribution in [-0.4, -0.2) is 38.9 Å². The maximum Gasteiger partial charge on any atom is 0.328 e. The number of benzene rings is 1. The minimum Gasteiger partial charge on any atom is -0.495 e. The highest BCUT2D eigenvalue weighted by Crippen LogP contribution is 2.27. The van der Waals surface area contributed by atoms with Gasteiger partial charge < -0.3 is 19.5 Å². The highest BCUT2D eigenvalue weighted by atomic mass is 16.5. The highest BCUT2D eigenvalue weighted by Gasteiger charge is 2.31. The summed E-state index contributed by atoms with van der Waals surface area (Å²) in [5, 5.41) is 3.27. The first-order valence-corrected chi connectivity index (χ1v) is 7.40. The molecule has 116 valence electrons. The van der Waals surface area contributed by atoms with E-state index in [4.69, 9.17) is 14.2 Å². The Balaban J connectivity index is 2.16. The Labute approximate surface area is 125 Å². The molecule has 0 amide bonds. The summed E-state index contributed by atoms with van der Waals surface area (Å²) in [7, 11) is 1.61. The van der Waals surface area contributed by atoms with Crippen molar-refractivity contribution in [2.75, 3.05) is 32.2 Å². The number of rotatable bonds is 6. The molecule has 0 bridgehead atoms. The van der Waals surface area contributed by atoms with Crippen molar-refractivity contribution in [3.63, 3.8) is 0 Å². The maximum absolute atomic E-state index is 12.3. The van der Waals surface area contributed by atoms with Gasteiger partial charge in [-0.2, -0.15) is 0 Å². The lowest BCUT2D eigenvalue weighted by atomic mass is 9.93. The van der Waals surface area contributed by atoms with Crippen molar-refractivity contribution in [2.45, 2.75) is 25.8 Å². The van der Waals surface area contributed by atoms with Gasteiger partial charge in [0.25, 0.3) is 0 Å². The van der Waals surface area contributed by atoms with Gasteiger partial charge >= 0.3 is 5.97 Å². The van der Waals surface area contributed by atoms with Gasteiger partial charge in [0.05, 0.1) is 26.0 Å². The number of nitrogens with one attached hydrogen (secondary N) is 1. The van der Waals surface area contributed by atoms with Crippen molar-refractivity contribution in [2.24, 2.45) is 5.92 Å². The monoisotopic (exact) mass is 293 g/mol. The standard InChI is InChI=1S/C16H23NO4/c1-3-21-16(18)15(12-7-6-10-20-11-12)17-13-8-4-5-9-14(13)19-2/h4-5,8-9,12,15,17H,3,6-7,10-11H2,1-2H3. The summed E-state index contributed by atoms with van der Waals surface area (Å²) in [6.45, 7) is 3.53. The average molecular weight is 293 g/mol. The summed E-state index contributed by atoms with van der Waals surface area (Å²) in [6, 6.07) is 7.15. The van der Waals surface area contributed by atoms with Crippen LogP contribution in [0.4, 0.5) is 5.69 Å². The number of anilines is 1. The third-order valence-corrected chi connectivity index (χ3v) is 3.63. The SMILES string of the molecule is CCOC(=O)C(Nc1ccccc1OC)C1CCCOC1. The second-order valence-corrected chi connectivity index (χ2v) is 5.05. The third kappa shape index (κ3) is 4.11. The first-order chi connectivity index (χ1) is 10.3. The third-order valence-electron chi connectivity index (χ3n) is 3.63. The van der Waals surface area contributed by atoms with Crippen LogP contribution in [0.2, 0.25) is 0 Å². The van der Waals surface area contributed by atoms with Gasteiger partial charge in [-0.1, -0.05) is 12.1 Å². The molecule has 0 aliphatic carbocycles. The van der Waals surface area contributed by atoms with E-state index in [-0.39, 0.29) is 11.9 Å². The van der Waals surface area contributed by atoms with E-state index in [0.29, 0.717) is 19.0 Å². The molecular weight excluding hydrogens is 270 g/mol. The van der Waals surface area contributed by atoms with Crippen LogP contribution in [0.3, 0.4) is 0 Å². The molecule has 0 spiro atoms. The Morgan fingerprint density at radius 3 is 2.95 bits per heavy atom. The summed E-state index contributed by atoms with van der Waals surface area (Å²) in [5.41, 5.74) is 0.795. The molecule has 5 nitrogen and oxygen atoms in total. The lowest BCUT2D eigenvalue weighted by molar-refractivity contribution is -0.146. The van der Waals surface area contributed by atoms with E-state index in [1.807, 2.05) is 31.2 Å². The zero-order chi connectivity index (χ0) is 15.1. The smallest absolute Gasteiger partial charge is 0.328 e. The number of esters is 1. The van der Waals surface area contributed by atoms with E-state index in [2.05, 4.69) is 5.32 Å². The Bertz CT molecular complexity index is 457. The van der Waals surface area contributed by atoms with Crippen LogP contribution >= 0.6 is 0 Å². The lowest BCUT2D eigenvalue weighted by Crippen LogP contribution is -2.42. The van der Waals surface area contributed by atoms with Crippen LogP contribution in [-0.2, 0) is 14.3 Å². The molecule has 1 saturated heterocycles. The summed E-state index contributed by atoms with van der Waals surface area (Å²) >= 11 is 0.